The Hall–Kier alpha value is -1.88. The van der Waals surface area contributed by atoms with Gasteiger partial charge in [-0.3, -0.25) is 14.9 Å². The van der Waals surface area contributed by atoms with E-state index >= 15 is 0 Å². The number of imide groups is 1. The van der Waals surface area contributed by atoms with Crippen molar-refractivity contribution in [1.29, 1.82) is 0 Å². The van der Waals surface area contributed by atoms with Crippen molar-refractivity contribution in [2.45, 2.75) is 30.2 Å². The monoisotopic (exact) mass is 480 g/mol. The van der Waals surface area contributed by atoms with Crippen LogP contribution in [0, 0.1) is 0 Å². The molecular formula is C19H21BrN4O4S. The van der Waals surface area contributed by atoms with Crippen molar-refractivity contribution < 1.29 is 19.2 Å². The zero-order valence-electron chi connectivity index (χ0n) is 15.5. The van der Waals surface area contributed by atoms with Crippen LogP contribution < -0.4 is 15.5 Å². The number of aromatic nitrogens is 1. The van der Waals surface area contributed by atoms with Gasteiger partial charge < -0.3 is 19.8 Å². The third-order valence-electron chi connectivity index (χ3n) is 5.17. The molecule has 1 unspecified atom stereocenters. The molecular weight excluding hydrogens is 460 g/mol. The topological polar surface area (TPSA) is 108 Å². The lowest BCUT2D eigenvalue weighted by Crippen LogP contribution is -2.43. The summed E-state index contributed by atoms with van der Waals surface area (Å²) in [5.41, 5.74) is 1.94. The van der Waals surface area contributed by atoms with E-state index < -0.39 is 11.4 Å². The van der Waals surface area contributed by atoms with Gasteiger partial charge in [-0.25, -0.2) is 0 Å². The lowest BCUT2D eigenvalue weighted by atomic mass is 10.0. The minimum atomic E-state index is -0.725. The summed E-state index contributed by atoms with van der Waals surface area (Å²) in [5.74, 6) is 0.192. The molecule has 4 rings (SSSR count). The molecule has 2 aliphatic heterocycles. The van der Waals surface area contributed by atoms with Crippen LogP contribution in [-0.4, -0.2) is 47.1 Å². The highest BCUT2D eigenvalue weighted by Gasteiger charge is 2.33. The molecule has 0 radical (unpaired) electrons. The molecule has 2 saturated heterocycles. The maximum atomic E-state index is 11.8. The zero-order valence-corrected chi connectivity index (χ0v) is 17.9. The SMILES string of the molecule is O=C1NC(=O)C(c2ccc(N3CCC(NC[C@H](O)c4cc(Br)no4)CC3)cc2)S1. The molecule has 0 spiro atoms. The molecule has 2 amide bonds. The van der Waals surface area contributed by atoms with Gasteiger partial charge in [0.1, 0.15) is 16.0 Å². The lowest BCUT2D eigenvalue weighted by molar-refractivity contribution is -0.119. The molecule has 10 heteroatoms. The number of anilines is 1. The first-order valence-electron chi connectivity index (χ1n) is 9.39. The van der Waals surface area contributed by atoms with Crippen LogP contribution in [0.25, 0.3) is 0 Å². The maximum absolute atomic E-state index is 11.8. The van der Waals surface area contributed by atoms with Crippen LogP contribution in [0.5, 0.6) is 0 Å². The van der Waals surface area contributed by atoms with Crippen LogP contribution >= 0.6 is 27.7 Å². The summed E-state index contributed by atoms with van der Waals surface area (Å²) in [4.78, 5) is 25.5. The van der Waals surface area contributed by atoms with Crippen molar-refractivity contribution in [3.63, 3.8) is 0 Å². The summed E-state index contributed by atoms with van der Waals surface area (Å²) in [5, 5.41) is 18.9. The number of amides is 2. The van der Waals surface area contributed by atoms with Gasteiger partial charge in [0.15, 0.2) is 5.76 Å². The number of nitrogens with zero attached hydrogens (tertiary/aromatic N) is 2. The number of piperidine rings is 1. The first-order valence-corrected chi connectivity index (χ1v) is 11.1. The average Bonchev–Trinajstić information content (AvgIpc) is 3.31. The number of rotatable bonds is 6. The summed E-state index contributed by atoms with van der Waals surface area (Å²) in [7, 11) is 0. The van der Waals surface area contributed by atoms with Crippen molar-refractivity contribution in [3.8, 4) is 0 Å². The molecule has 1 aromatic carbocycles. The summed E-state index contributed by atoms with van der Waals surface area (Å²) in [6.45, 7) is 2.22. The normalized spacial score (nSPS) is 21.4. The molecule has 2 aromatic rings. The van der Waals surface area contributed by atoms with Crippen LogP contribution in [0.3, 0.4) is 0 Å². The van der Waals surface area contributed by atoms with E-state index in [0.717, 1.165) is 48.9 Å². The second-order valence-corrected chi connectivity index (χ2v) is 8.99. The van der Waals surface area contributed by atoms with Crippen LogP contribution in [0.15, 0.2) is 39.5 Å². The van der Waals surface area contributed by atoms with Gasteiger partial charge in [-0.05, 0) is 58.2 Å². The van der Waals surface area contributed by atoms with E-state index in [1.807, 2.05) is 24.3 Å². The molecule has 1 aromatic heterocycles. The minimum Gasteiger partial charge on any atom is -0.384 e. The van der Waals surface area contributed by atoms with E-state index in [1.54, 1.807) is 6.07 Å². The average molecular weight is 481 g/mol. The fourth-order valence-corrected chi connectivity index (χ4v) is 4.71. The lowest BCUT2D eigenvalue weighted by Gasteiger charge is -2.34. The van der Waals surface area contributed by atoms with E-state index in [2.05, 4.69) is 36.6 Å². The number of hydrogen-bond acceptors (Lipinski definition) is 8. The summed E-state index contributed by atoms with van der Waals surface area (Å²) >= 11 is 4.23. The van der Waals surface area contributed by atoms with Crippen molar-refractivity contribution in [2.75, 3.05) is 24.5 Å². The number of thioether (sulfide) groups is 1. The minimum absolute atomic E-state index is 0.250. The molecule has 154 valence electrons. The highest BCUT2D eigenvalue weighted by Crippen LogP contribution is 2.35. The van der Waals surface area contributed by atoms with Crippen LogP contribution in [-0.2, 0) is 4.79 Å². The number of hydrogen-bond donors (Lipinski definition) is 3. The van der Waals surface area contributed by atoms with Gasteiger partial charge in [-0.15, -0.1) is 0 Å². The van der Waals surface area contributed by atoms with Gasteiger partial charge in [0.05, 0.1) is 0 Å². The molecule has 3 N–H and O–H groups in total. The van der Waals surface area contributed by atoms with Crippen LogP contribution in [0.4, 0.5) is 10.5 Å². The molecule has 29 heavy (non-hydrogen) atoms. The number of aliphatic hydroxyl groups is 1. The first kappa shape index (κ1) is 20.4. The summed E-state index contributed by atoms with van der Waals surface area (Å²) in [6, 6.07) is 9.85. The quantitative estimate of drug-likeness (QED) is 0.578. The largest absolute Gasteiger partial charge is 0.384 e. The summed E-state index contributed by atoms with van der Waals surface area (Å²) < 4.78 is 5.63. The predicted octanol–water partition coefficient (Wildman–Crippen LogP) is 2.75. The van der Waals surface area contributed by atoms with Crippen molar-refractivity contribution >= 4 is 44.5 Å². The standard InChI is InChI=1S/C19H21BrN4O4S/c20-16-9-15(28-23-16)14(25)10-21-12-5-7-24(8-6-12)13-3-1-11(2-4-13)17-18(26)22-19(27)29-17/h1-4,9,12,14,17,21,25H,5-8,10H2,(H,22,26,27)/t14-,17?/m0/s1. The Morgan fingerprint density at radius 1 is 1.31 bits per heavy atom. The molecule has 0 saturated carbocycles. The Bertz CT molecular complexity index is 883. The second kappa shape index (κ2) is 8.86. The molecule has 3 heterocycles. The third-order valence-corrected chi connectivity index (χ3v) is 6.58. The van der Waals surface area contributed by atoms with Crippen molar-refractivity contribution in [2.24, 2.45) is 0 Å². The van der Waals surface area contributed by atoms with Crippen molar-refractivity contribution in [1.82, 2.24) is 15.8 Å². The van der Waals surface area contributed by atoms with Gasteiger partial charge >= 0.3 is 0 Å². The Morgan fingerprint density at radius 3 is 2.62 bits per heavy atom. The number of nitrogens with one attached hydrogen (secondary N) is 2. The van der Waals surface area contributed by atoms with E-state index in [4.69, 9.17) is 4.52 Å². The zero-order chi connectivity index (χ0) is 20.4. The van der Waals surface area contributed by atoms with Gasteiger partial charge in [0.25, 0.3) is 5.24 Å². The Morgan fingerprint density at radius 2 is 2.03 bits per heavy atom. The van der Waals surface area contributed by atoms with Crippen LogP contribution in [0.2, 0.25) is 0 Å². The van der Waals surface area contributed by atoms with Crippen molar-refractivity contribution in [3.05, 3.63) is 46.3 Å². The van der Waals surface area contributed by atoms with E-state index in [-0.39, 0.29) is 11.1 Å². The Balaban J connectivity index is 1.26. The molecule has 2 fully saturated rings. The molecule has 0 bridgehead atoms. The highest BCUT2D eigenvalue weighted by atomic mass is 79.9. The van der Waals surface area contributed by atoms with Gasteiger partial charge in [0.2, 0.25) is 5.91 Å². The molecule has 2 aliphatic rings. The van der Waals surface area contributed by atoms with Crippen LogP contribution in [0.1, 0.15) is 35.5 Å². The number of halogens is 1. The predicted molar refractivity (Wildman–Crippen MR) is 113 cm³/mol. The Labute approximate surface area is 180 Å². The molecule has 8 nitrogen and oxygen atoms in total. The molecule has 2 atom stereocenters. The fraction of sp³-hybridized carbons (Fsp3) is 0.421. The smallest absolute Gasteiger partial charge is 0.286 e. The van der Waals surface area contributed by atoms with E-state index in [1.165, 1.54) is 0 Å². The number of benzene rings is 1. The van der Waals surface area contributed by atoms with E-state index in [9.17, 15) is 14.7 Å². The van der Waals surface area contributed by atoms with Gasteiger partial charge in [-0.2, -0.15) is 0 Å². The number of carbonyl (C=O) groups excluding carboxylic acids is 2. The fourth-order valence-electron chi connectivity index (χ4n) is 3.58. The first-order chi connectivity index (χ1) is 14.0. The number of aliphatic hydroxyl groups excluding tert-OH is 1. The summed E-state index contributed by atoms with van der Waals surface area (Å²) in [6.07, 6.45) is 1.20. The highest BCUT2D eigenvalue weighted by molar-refractivity contribution is 9.10. The molecule has 0 aliphatic carbocycles. The second-order valence-electron chi connectivity index (χ2n) is 7.10. The maximum Gasteiger partial charge on any atom is 0.286 e. The Kier molecular flexibility index (Phi) is 6.23. The number of carbonyl (C=O) groups is 2. The van der Waals surface area contributed by atoms with Gasteiger partial charge in [0, 0.05) is 37.4 Å². The van der Waals surface area contributed by atoms with Gasteiger partial charge in [-0.1, -0.05) is 17.3 Å². The van der Waals surface area contributed by atoms with E-state index in [0.29, 0.717) is 23.0 Å². The third kappa shape index (κ3) is 4.82.